The number of hydrogen-bond donors (Lipinski definition) is 1. The van der Waals surface area contributed by atoms with Crippen LogP contribution in [0.4, 0.5) is 0 Å². The predicted molar refractivity (Wildman–Crippen MR) is 102 cm³/mol. The topological polar surface area (TPSA) is 67.2 Å². The maximum atomic E-state index is 12.7. The van der Waals surface area contributed by atoms with E-state index in [1.165, 1.54) is 17.8 Å². The largest absolute Gasteiger partial charge is 0.350 e. The van der Waals surface area contributed by atoms with Crippen molar-refractivity contribution in [3.8, 4) is 0 Å². The minimum Gasteiger partial charge on any atom is -0.350 e. The number of carbonyl (C=O) groups is 1. The molecule has 25 heavy (non-hydrogen) atoms. The van der Waals surface area contributed by atoms with Crippen LogP contribution in [0.3, 0.4) is 0 Å². The van der Waals surface area contributed by atoms with Gasteiger partial charge in [-0.1, -0.05) is 13.8 Å². The molecule has 1 saturated heterocycles. The van der Waals surface area contributed by atoms with Gasteiger partial charge in [0, 0.05) is 19.1 Å². The van der Waals surface area contributed by atoms with Crippen molar-refractivity contribution < 1.29 is 4.79 Å². The first-order valence-electron chi connectivity index (χ1n) is 9.07. The Morgan fingerprint density at radius 3 is 2.96 bits per heavy atom. The van der Waals surface area contributed by atoms with Crippen molar-refractivity contribution in [2.75, 3.05) is 19.6 Å². The van der Waals surface area contributed by atoms with Crippen molar-refractivity contribution in [3.63, 3.8) is 0 Å². The number of hydrogen-bond acceptors (Lipinski definition) is 5. The van der Waals surface area contributed by atoms with E-state index >= 15 is 0 Å². The summed E-state index contributed by atoms with van der Waals surface area (Å²) in [6.45, 7) is 9.47. The number of aromatic nitrogens is 2. The highest BCUT2D eigenvalue weighted by molar-refractivity contribution is 7.20. The highest BCUT2D eigenvalue weighted by Crippen LogP contribution is 2.27. The lowest BCUT2D eigenvalue weighted by Gasteiger charge is -2.22. The SMILES string of the molecule is CCCn1cnc2sc(C(=O)NCC3CCCN3CC)c(C)c2c1=O. The van der Waals surface area contributed by atoms with E-state index in [1.807, 2.05) is 13.8 Å². The third-order valence-corrected chi connectivity index (χ3v) is 6.19. The van der Waals surface area contributed by atoms with E-state index in [2.05, 4.69) is 22.1 Å². The zero-order chi connectivity index (χ0) is 18.0. The number of nitrogens with zero attached hydrogens (tertiary/aromatic N) is 3. The standard InChI is InChI=1S/C18H26N4O2S/c1-4-8-22-11-20-17-14(18(22)24)12(3)15(25-17)16(23)19-10-13-7-6-9-21(13)5-2/h11,13H,4-10H2,1-3H3,(H,19,23). The quantitative estimate of drug-likeness (QED) is 0.857. The van der Waals surface area contributed by atoms with Crippen LogP contribution in [0.5, 0.6) is 0 Å². The molecule has 1 atom stereocenters. The first-order chi connectivity index (χ1) is 12.1. The van der Waals surface area contributed by atoms with Gasteiger partial charge in [0.25, 0.3) is 11.5 Å². The molecule has 2 aromatic rings. The van der Waals surface area contributed by atoms with Crippen LogP contribution in [0, 0.1) is 6.92 Å². The molecule has 7 heteroatoms. The average molecular weight is 362 g/mol. The summed E-state index contributed by atoms with van der Waals surface area (Å²) in [7, 11) is 0. The summed E-state index contributed by atoms with van der Waals surface area (Å²) in [5.41, 5.74) is 0.701. The van der Waals surface area contributed by atoms with Gasteiger partial charge in [0.1, 0.15) is 4.83 Å². The van der Waals surface area contributed by atoms with Crippen LogP contribution in [-0.4, -0.2) is 46.0 Å². The number of likely N-dealkylation sites (tertiary alicyclic amines) is 1. The number of aryl methyl sites for hydroxylation is 2. The minimum atomic E-state index is -0.0927. The second-order valence-electron chi connectivity index (χ2n) is 6.61. The summed E-state index contributed by atoms with van der Waals surface area (Å²) in [6, 6.07) is 0.420. The number of rotatable bonds is 6. The summed E-state index contributed by atoms with van der Waals surface area (Å²) < 4.78 is 1.63. The molecule has 1 fully saturated rings. The van der Waals surface area contributed by atoms with Crippen LogP contribution < -0.4 is 10.9 Å². The van der Waals surface area contributed by atoms with Crippen molar-refractivity contribution in [3.05, 3.63) is 27.1 Å². The fraction of sp³-hybridized carbons (Fsp3) is 0.611. The fourth-order valence-corrected chi connectivity index (χ4v) is 4.67. The molecule has 3 rings (SSSR count). The molecule has 136 valence electrons. The number of thiophene rings is 1. The highest BCUT2D eigenvalue weighted by Gasteiger charge is 2.25. The van der Waals surface area contributed by atoms with Gasteiger partial charge < -0.3 is 5.32 Å². The molecule has 2 aromatic heterocycles. The molecule has 1 unspecified atom stereocenters. The zero-order valence-corrected chi connectivity index (χ0v) is 16.0. The van der Waals surface area contributed by atoms with Crippen molar-refractivity contribution in [1.82, 2.24) is 19.8 Å². The van der Waals surface area contributed by atoms with E-state index in [4.69, 9.17) is 0 Å². The summed E-state index contributed by atoms with van der Waals surface area (Å²) in [5, 5.41) is 3.64. The third kappa shape index (κ3) is 3.48. The van der Waals surface area contributed by atoms with E-state index in [0.29, 0.717) is 34.2 Å². The number of nitrogens with one attached hydrogen (secondary N) is 1. The molecule has 0 spiro atoms. The van der Waals surface area contributed by atoms with Gasteiger partial charge in [0.15, 0.2) is 0 Å². The lowest BCUT2D eigenvalue weighted by atomic mass is 10.2. The Morgan fingerprint density at radius 1 is 1.44 bits per heavy atom. The molecule has 0 saturated carbocycles. The Bertz CT molecular complexity index is 826. The molecule has 0 radical (unpaired) electrons. The molecule has 0 bridgehead atoms. The van der Waals surface area contributed by atoms with E-state index in [1.54, 1.807) is 10.9 Å². The van der Waals surface area contributed by atoms with E-state index in [9.17, 15) is 9.59 Å². The first-order valence-corrected chi connectivity index (χ1v) is 9.89. The van der Waals surface area contributed by atoms with Gasteiger partial charge in [-0.2, -0.15) is 0 Å². The molecule has 0 aliphatic carbocycles. The van der Waals surface area contributed by atoms with Crippen molar-refractivity contribution in [2.45, 2.75) is 52.6 Å². The molecule has 1 aliphatic rings. The molecule has 1 aliphatic heterocycles. The summed E-state index contributed by atoms with van der Waals surface area (Å²) in [5.74, 6) is -0.0927. The lowest BCUT2D eigenvalue weighted by Crippen LogP contribution is -2.40. The Hall–Kier alpha value is -1.73. The normalized spacial score (nSPS) is 18.1. The Morgan fingerprint density at radius 2 is 2.24 bits per heavy atom. The van der Waals surface area contributed by atoms with Gasteiger partial charge in [0.2, 0.25) is 0 Å². The maximum absolute atomic E-state index is 12.7. The Kier molecular flexibility index (Phi) is 5.54. The summed E-state index contributed by atoms with van der Waals surface area (Å²) >= 11 is 1.31. The van der Waals surface area contributed by atoms with Crippen LogP contribution in [0.15, 0.2) is 11.1 Å². The highest BCUT2D eigenvalue weighted by atomic mass is 32.1. The number of carbonyl (C=O) groups excluding carboxylic acids is 1. The minimum absolute atomic E-state index is 0.0485. The van der Waals surface area contributed by atoms with Gasteiger partial charge in [-0.15, -0.1) is 11.3 Å². The lowest BCUT2D eigenvalue weighted by molar-refractivity contribution is 0.0945. The van der Waals surface area contributed by atoms with E-state index in [-0.39, 0.29) is 11.5 Å². The van der Waals surface area contributed by atoms with Crippen LogP contribution in [0.25, 0.3) is 10.2 Å². The predicted octanol–water partition coefficient (Wildman–Crippen LogP) is 2.39. The fourth-order valence-electron chi connectivity index (χ4n) is 3.61. The molecule has 1 amide bonds. The van der Waals surface area contributed by atoms with Crippen LogP contribution >= 0.6 is 11.3 Å². The van der Waals surface area contributed by atoms with Crippen molar-refractivity contribution in [1.29, 1.82) is 0 Å². The van der Waals surface area contributed by atoms with Crippen molar-refractivity contribution in [2.24, 2.45) is 0 Å². The first kappa shape index (κ1) is 18.1. The Labute approximate surface area is 151 Å². The molecule has 6 nitrogen and oxygen atoms in total. The molecule has 1 N–H and O–H groups in total. The zero-order valence-electron chi connectivity index (χ0n) is 15.2. The molecule has 0 aromatic carbocycles. The number of amides is 1. The van der Waals surface area contributed by atoms with Gasteiger partial charge in [-0.25, -0.2) is 4.98 Å². The summed E-state index contributed by atoms with van der Waals surface area (Å²) in [6.07, 6.45) is 4.78. The van der Waals surface area contributed by atoms with Gasteiger partial charge in [-0.05, 0) is 44.8 Å². The van der Waals surface area contributed by atoms with Crippen LogP contribution in [0.2, 0.25) is 0 Å². The average Bonchev–Trinajstić information content (AvgIpc) is 3.20. The smallest absolute Gasteiger partial charge is 0.262 e. The molecule has 3 heterocycles. The third-order valence-electron chi connectivity index (χ3n) is 4.99. The van der Waals surface area contributed by atoms with Gasteiger partial charge in [0.05, 0.1) is 16.6 Å². The number of likely N-dealkylation sites (N-methyl/N-ethyl adjacent to an activating group) is 1. The van der Waals surface area contributed by atoms with Crippen LogP contribution in [-0.2, 0) is 6.54 Å². The monoisotopic (exact) mass is 362 g/mol. The summed E-state index contributed by atoms with van der Waals surface area (Å²) in [4.78, 5) is 33.3. The molecular formula is C18H26N4O2S. The number of fused-ring (bicyclic) bond motifs is 1. The Balaban J connectivity index is 1.81. The van der Waals surface area contributed by atoms with E-state index < -0.39 is 0 Å². The van der Waals surface area contributed by atoms with Crippen molar-refractivity contribution >= 4 is 27.5 Å². The van der Waals surface area contributed by atoms with Gasteiger partial charge in [-0.3, -0.25) is 19.1 Å². The maximum Gasteiger partial charge on any atom is 0.262 e. The van der Waals surface area contributed by atoms with Gasteiger partial charge >= 0.3 is 0 Å². The van der Waals surface area contributed by atoms with E-state index in [0.717, 1.165) is 31.5 Å². The van der Waals surface area contributed by atoms with Crippen LogP contribution in [0.1, 0.15) is 48.3 Å². The molecular weight excluding hydrogens is 336 g/mol. The second-order valence-corrected chi connectivity index (χ2v) is 7.61. The second kappa shape index (κ2) is 7.66.